The molecule has 1 aromatic carbocycles. The van der Waals surface area contributed by atoms with Crippen molar-refractivity contribution in [2.24, 2.45) is 7.05 Å². The molecule has 0 bridgehead atoms. The Bertz CT molecular complexity index is 1310. The molecule has 0 aliphatic rings. The predicted molar refractivity (Wildman–Crippen MR) is 130 cm³/mol. The van der Waals surface area contributed by atoms with Crippen LogP contribution in [0.5, 0.6) is 5.88 Å². The molecule has 170 valence electrons. The van der Waals surface area contributed by atoms with Crippen molar-refractivity contribution in [3.63, 3.8) is 0 Å². The normalized spacial score (nSPS) is 10.9. The minimum Gasteiger partial charge on any atom is -0.474 e. The van der Waals surface area contributed by atoms with Crippen LogP contribution in [-0.4, -0.2) is 38.7 Å². The predicted octanol–water partition coefficient (Wildman–Crippen LogP) is 5.78. The second-order valence-corrected chi connectivity index (χ2v) is 8.51. The first kappa shape index (κ1) is 23.2. The summed E-state index contributed by atoms with van der Waals surface area (Å²) in [7, 11) is 1.72. The highest BCUT2D eigenvalue weighted by molar-refractivity contribution is 9.10. The van der Waals surface area contributed by atoms with Crippen molar-refractivity contribution in [3.05, 3.63) is 62.8 Å². The first-order chi connectivity index (χ1) is 15.9. The first-order valence-corrected chi connectivity index (χ1v) is 11.1. The lowest BCUT2D eigenvalue weighted by Gasteiger charge is -2.11. The lowest BCUT2D eigenvalue weighted by molar-refractivity contribution is 0.102. The molecule has 0 unspecified atom stereocenters. The molecule has 0 atom stereocenters. The summed E-state index contributed by atoms with van der Waals surface area (Å²) in [6, 6.07) is 8.60. The van der Waals surface area contributed by atoms with Gasteiger partial charge in [-0.25, -0.2) is 9.37 Å². The molecule has 3 heterocycles. The maximum absolute atomic E-state index is 13.0. The zero-order valence-corrected chi connectivity index (χ0v) is 20.2. The molecule has 1 amide bonds. The average molecular weight is 554 g/mol. The van der Waals surface area contributed by atoms with E-state index in [4.69, 9.17) is 27.9 Å². The van der Waals surface area contributed by atoms with Gasteiger partial charge in [-0.15, -0.1) is 0 Å². The third-order valence-electron chi connectivity index (χ3n) is 4.56. The summed E-state index contributed by atoms with van der Waals surface area (Å²) in [6.45, 7) is -0.979. The Morgan fingerprint density at radius 1 is 1.18 bits per heavy atom. The number of nitrogens with one attached hydrogen (secondary N) is 2. The molecule has 0 saturated carbocycles. The number of aromatic nitrogens is 4. The van der Waals surface area contributed by atoms with Crippen molar-refractivity contribution >= 4 is 73.5 Å². The smallest absolute Gasteiger partial charge is 0.261 e. The molecule has 2 N–H and O–H groups in total. The average Bonchev–Trinajstić information content (AvgIpc) is 3.10. The molecule has 12 heteroatoms. The number of rotatable bonds is 7. The summed E-state index contributed by atoms with van der Waals surface area (Å²) < 4.78 is 20.7. The minimum absolute atomic E-state index is 0.00992. The Hall–Kier alpha value is -2.95. The van der Waals surface area contributed by atoms with E-state index in [-0.39, 0.29) is 18.1 Å². The third-order valence-corrected chi connectivity index (χ3v) is 5.66. The van der Waals surface area contributed by atoms with Crippen LogP contribution >= 0.6 is 39.1 Å². The number of benzene rings is 1. The minimum atomic E-state index is -0.731. The first-order valence-electron chi connectivity index (χ1n) is 9.56. The van der Waals surface area contributed by atoms with Gasteiger partial charge in [-0.3, -0.25) is 14.3 Å². The Morgan fingerprint density at radius 2 is 1.88 bits per heavy atom. The molecule has 4 aromatic rings. The number of nitrogens with zero attached hydrogens (tertiary/aromatic N) is 4. The van der Waals surface area contributed by atoms with Gasteiger partial charge in [0, 0.05) is 29.6 Å². The fourth-order valence-corrected chi connectivity index (χ4v) is 3.71. The third kappa shape index (κ3) is 5.02. The van der Waals surface area contributed by atoms with Gasteiger partial charge < -0.3 is 15.4 Å². The summed E-state index contributed by atoms with van der Waals surface area (Å²) >= 11 is 15.7. The van der Waals surface area contributed by atoms with Gasteiger partial charge in [0.25, 0.3) is 5.91 Å². The summed E-state index contributed by atoms with van der Waals surface area (Å²) in [5.74, 6) is -0.111. The van der Waals surface area contributed by atoms with E-state index < -0.39 is 12.6 Å². The molecule has 0 fully saturated rings. The Kier molecular flexibility index (Phi) is 6.96. The summed E-state index contributed by atoms with van der Waals surface area (Å²) in [6.07, 6.45) is 2.90. The number of imidazole rings is 1. The number of hydrogen-bond acceptors (Lipinski definition) is 6. The van der Waals surface area contributed by atoms with Crippen molar-refractivity contribution in [1.82, 2.24) is 19.5 Å². The highest BCUT2D eigenvalue weighted by Crippen LogP contribution is 2.33. The quantitative estimate of drug-likeness (QED) is 0.301. The number of carbonyl (C=O) groups is 1. The monoisotopic (exact) mass is 552 g/mol. The van der Waals surface area contributed by atoms with E-state index >= 15 is 0 Å². The fraction of sp³-hybridized carbons (Fsp3) is 0.143. The summed E-state index contributed by atoms with van der Waals surface area (Å²) in [5, 5.41) is 6.45. The number of fused-ring (bicyclic) bond motifs is 1. The van der Waals surface area contributed by atoms with Crippen LogP contribution < -0.4 is 15.4 Å². The van der Waals surface area contributed by atoms with Gasteiger partial charge in [-0.1, -0.05) is 39.1 Å². The number of aryl methyl sites for hydroxylation is 1. The van der Waals surface area contributed by atoms with E-state index in [1.807, 2.05) is 0 Å². The maximum atomic E-state index is 13.0. The van der Waals surface area contributed by atoms with E-state index in [0.717, 1.165) is 4.47 Å². The van der Waals surface area contributed by atoms with Crippen molar-refractivity contribution in [1.29, 1.82) is 0 Å². The SMILES string of the molecule is Cn1c(Nc2c(Cl)cncc2Cl)nc2cc(C(=O)Nc3ccc(Br)cc3)c(OCCF)nc21. The van der Waals surface area contributed by atoms with Crippen LogP contribution in [0.15, 0.2) is 47.2 Å². The molecule has 0 aliphatic carbocycles. The topological polar surface area (TPSA) is 94.0 Å². The Balaban J connectivity index is 1.73. The number of carbonyl (C=O) groups excluding carboxylic acids is 1. The van der Waals surface area contributed by atoms with Crippen LogP contribution in [0.2, 0.25) is 10.0 Å². The molecule has 0 spiro atoms. The standard InChI is InChI=1S/C21H16BrCl2FN6O2/c1-31-18-16(28-21(31)29-17-14(23)9-26-10-15(17)24)8-13(20(30-18)33-7-6-25)19(32)27-12-4-2-11(22)3-5-12/h2-5,8-10H,6-7H2,1H3,(H,27,32)(H,26,28,29). The van der Waals surface area contributed by atoms with E-state index in [1.165, 1.54) is 18.5 Å². The van der Waals surface area contributed by atoms with Crippen LogP contribution in [0, 0.1) is 0 Å². The molecule has 0 saturated heterocycles. The number of alkyl halides is 1. The van der Waals surface area contributed by atoms with Crippen molar-refractivity contribution in [2.45, 2.75) is 0 Å². The molecule has 33 heavy (non-hydrogen) atoms. The van der Waals surface area contributed by atoms with E-state index in [1.54, 1.807) is 35.9 Å². The number of pyridine rings is 2. The van der Waals surface area contributed by atoms with Crippen LogP contribution in [0.1, 0.15) is 10.4 Å². The van der Waals surface area contributed by atoms with Crippen LogP contribution in [0.4, 0.5) is 21.7 Å². The lowest BCUT2D eigenvalue weighted by atomic mass is 10.2. The van der Waals surface area contributed by atoms with Gasteiger partial charge >= 0.3 is 0 Å². The van der Waals surface area contributed by atoms with Gasteiger partial charge in [0.15, 0.2) is 5.65 Å². The fourth-order valence-electron chi connectivity index (χ4n) is 2.99. The van der Waals surface area contributed by atoms with Gasteiger partial charge in [0.1, 0.15) is 24.4 Å². The molecular formula is C21H16BrCl2FN6O2. The lowest BCUT2D eigenvalue weighted by Crippen LogP contribution is -2.15. The number of anilines is 3. The molecule has 3 aromatic heterocycles. The number of halogens is 4. The zero-order valence-electron chi connectivity index (χ0n) is 17.1. The van der Waals surface area contributed by atoms with Gasteiger partial charge in [-0.2, -0.15) is 4.98 Å². The van der Waals surface area contributed by atoms with Crippen LogP contribution in [0.25, 0.3) is 11.2 Å². The largest absolute Gasteiger partial charge is 0.474 e. The molecule has 8 nitrogen and oxygen atoms in total. The zero-order chi connectivity index (χ0) is 23.5. The van der Waals surface area contributed by atoms with E-state index in [0.29, 0.717) is 38.5 Å². The number of amides is 1. The second-order valence-electron chi connectivity index (χ2n) is 6.78. The molecule has 0 radical (unpaired) electrons. The summed E-state index contributed by atoms with van der Waals surface area (Å²) in [5.41, 5.74) is 1.94. The second kappa shape index (κ2) is 9.90. The molecule has 0 aliphatic heterocycles. The number of hydrogen-bond donors (Lipinski definition) is 2. The number of ether oxygens (including phenoxy) is 1. The Labute approximate surface area is 206 Å². The van der Waals surface area contributed by atoms with E-state index in [9.17, 15) is 9.18 Å². The van der Waals surface area contributed by atoms with Gasteiger partial charge in [-0.05, 0) is 30.3 Å². The van der Waals surface area contributed by atoms with Crippen molar-refractivity contribution in [2.75, 3.05) is 23.9 Å². The van der Waals surface area contributed by atoms with Gasteiger partial charge in [0.05, 0.1) is 15.7 Å². The van der Waals surface area contributed by atoms with Crippen molar-refractivity contribution < 1.29 is 13.9 Å². The molecule has 4 rings (SSSR count). The highest BCUT2D eigenvalue weighted by atomic mass is 79.9. The van der Waals surface area contributed by atoms with E-state index in [2.05, 4.69) is 41.5 Å². The summed E-state index contributed by atoms with van der Waals surface area (Å²) in [4.78, 5) is 25.8. The highest BCUT2D eigenvalue weighted by Gasteiger charge is 2.21. The van der Waals surface area contributed by atoms with Crippen LogP contribution in [-0.2, 0) is 7.05 Å². The van der Waals surface area contributed by atoms with Crippen molar-refractivity contribution in [3.8, 4) is 5.88 Å². The maximum Gasteiger partial charge on any atom is 0.261 e. The van der Waals surface area contributed by atoms with Gasteiger partial charge in [0.2, 0.25) is 11.8 Å². The Morgan fingerprint density at radius 3 is 2.55 bits per heavy atom. The molecular weight excluding hydrogens is 538 g/mol. The van der Waals surface area contributed by atoms with Crippen LogP contribution in [0.3, 0.4) is 0 Å².